The van der Waals surface area contributed by atoms with Crippen LogP contribution in [-0.2, 0) is 15.0 Å². The Balaban J connectivity index is 1.95. The highest BCUT2D eigenvalue weighted by Crippen LogP contribution is 2.27. The Kier molecular flexibility index (Phi) is 5.62. The Bertz CT molecular complexity index is 452. The van der Waals surface area contributed by atoms with Gasteiger partial charge in [-0.3, -0.25) is 4.79 Å². The zero-order chi connectivity index (χ0) is 15.5. The summed E-state index contributed by atoms with van der Waals surface area (Å²) in [4.78, 5) is 11.6. The van der Waals surface area contributed by atoms with Crippen LogP contribution in [0.1, 0.15) is 44.9 Å². The Morgan fingerprint density at radius 1 is 1.10 bits per heavy atom. The highest BCUT2D eigenvalue weighted by Gasteiger charge is 2.36. The molecule has 0 spiro atoms. The summed E-state index contributed by atoms with van der Waals surface area (Å²) in [7, 11) is -0.0507. The van der Waals surface area contributed by atoms with E-state index in [0.717, 1.165) is 25.7 Å². The Morgan fingerprint density at radius 2 is 1.67 bits per heavy atom. The predicted octanol–water partition coefficient (Wildman–Crippen LogP) is 0.954. The van der Waals surface area contributed by atoms with Crippen LogP contribution in [0.3, 0.4) is 0 Å². The van der Waals surface area contributed by atoms with E-state index in [-0.39, 0.29) is 17.9 Å². The van der Waals surface area contributed by atoms with Crippen LogP contribution in [0.2, 0.25) is 0 Å². The first-order valence-corrected chi connectivity index (χ1v) is 9.31. The van der Waals surface area contributed by atoms with Crippen LogP contribution >= 0.6 is 0 Å². The second-order valence-corrected chi connectivity index (χ2v) is 8.09. The summed E-state index contributed by atoms with van der Waals surface area (Å²) in [5.74, 6) is -0.0332. The van der Waals surface area contributed by atoms with Crippen molar-refractivity contribution in [1.29, 1.82) is 0 Å². The number of hydrogen-bond acceptors (Lipinski definition) is 3. The topological polar surface area (TPSA) is 69.7 Å². The first kappa shape index (κ1) is 16.7. The number of nitrogens with zero attached hydrogens (tertiary/aromatic N) is 2. The summed E-state index contributed by atoms with van der Waals surface area (Å²) in [6.45, 7) is 0.884. The van der Waals surface area contributed by atoms with Gasteiger partial charge in [-0.2, -0.15) is 17.0 Å². The van der Waals surface area contributed by atoms with Crippen LogP contribution in [0.4, 0.5) is 0 Å². The lowest BCUT2D eigenvalue weighted by Crippen LogP contribution is -2.50. The lowest BCUT2D eigenvalue weighted by Gasteiger charge is -2.37. The smallest absolute Gasteiger partial charge is 0.281 e. The molecule has 0 unspecified atom stereocenters. The maximum absolute atomic E-state index is 12.7. The van der Waals surface area contributed by atoms with Gasteiger partial charge < -0.3 is 5.32 Å². The SMILES string of the molecule is CNC(=O)C1CCN(S(=O)(=O)N(C)C2CCCCC2)CC1. The van der Waals surface area contributed by atoms with Gasteiger partial charge in [0.2, 0.25) is 5.91 Å². The van der Waals surface area contributed by atoms with Crippen LogP contribution < -0.4 is 5.32 Å². The van der Waals surface area contributed by atoms with Crippen LogP contribution in [0, 0.1) is 5.92 Å². The van der Waals surface area contributed by atoms with Crippen molar-refractivity contribution in [2.24, 2.45) is 5.92 Å². The van der Waals surface area contributed by atoms with Gasteiger partial charge in [0.25, 0.3) is 10.2 Å². The summed E-state index contributed by atoms with van der Waals surface area (Å²) >= 11 is 0. The van der Waals surface area contributed by atoms with Gasteiger partial charge in [0, 0.05) is 39.1 Å². The molecule has 1 N–H and O–H groups in total. The molecule has 0 aromatic rings. The largest absolute Gasteiger partial charge is 0.359 e. The van der Waals surface area contributed by atoms with E-state index in [1.165, 1.54) is 6.42 Å². The number of carbonyl (C=O) groups excluding carboxylic acids is 1. The van der Waals surface area contributed by atoms with Gasteiger partial charge in [-0.15, -0.1) is 0 Å². The second kappa shape index (κ2) is 7.07. The lowest BCUT2D eigenvalue weighted by molar-refractivity contribution is -0.125. The third-order valence-corrected chi connectivity index (χ3v) is 6.89. The average molecular weight is 317 g/mol. The van der Waals surface area contributed by atoms with Crippen molar-refractivity contribution in [1.82, 2.24) is 13.9 Å². The number of rotatable bonds is 4. The van der Waals surface area contributed by atoms with Gasteiger partial charge in [0.15, 0.2) is 0 Å². The molecule has 2 aliphatic rings. The van der Waals surface area contributed by atoms with E-state index >= 15 is 0 Å². The average Bonchev–Trinajstić information content (AvgIpc) is 2.54. The van der Waals surface area contributed by atoms with Crippen molar-refractivity contribution < 1.29 is 13.2 Å². The summed E-state index contributed by atoms with van der Waals surface area (Å²) in [5, 5.41) is 2.65. The first-order valence-electron chi connectivity index (χ1n) is 7.91. The predicted molar refractivity (Wildman–Crippen MR) is 81.9 cm³/mol. The molecule has 6 nitrogen and oxygen atoms in total. The number of carbonyl (C=O) groups is 1. The monoisotopic (exact) mass is 317 g/mol. The molecule has 7 heteroatoms. The van der Waals surface area contributed by atoms with E-state index in [4.69, 9.17) is 0 Å². The standard InChI is InChI=1S/C14H27N3O3S/c1-15-14(18)12-8-10-17(11-9-12)21(19,20)16(2)13-6-4-3-5-7-13/h12-13H,3-11H2,1-2H3,(H,15,18). The summed E-state index contributed by atoms with van der Waals surface area (Å²) in [6, 6.07) is 0.139. The van der Waals surface area contributed by atoms with Crippen molar-refractivity contribution in [3.05, 3.63) is 0 Å². The van der Waals surface area contributed by atoms with Gasteiger partial charge in [-0.25, -0.2) is 0 Å². The normalized spacial score (nSPS) is 23.4. The minimum atomic E-state index is -3.38. The van der Waals surface area contributed by atoms with Crippen molar-refractivity contribution in [2.45, 2.75) is 51.0 Å². The summed E-state index contributed by atoms with van der Waals surface area (Å²) in [5.41, 5.74) is 0. The molecular weight excluding hydrogens is 290 g/mol. The molecule has 2 fully saturated rings. The molecule has 1 heterocycles. The second-order valence-electron chi connectivity index (χ2n) is 6.10. The molecule has 0 bridgehead atoms. The quantitative estimate of drug-likeness (QED) is 0.839. The van der Waals surface area contributed by atoms with Crippen LogP contribution in [0.15, 0.2) is 0 Å². The molecule has 2 rings (SSSR count). The fraction of sp³-hybridized carbons (Fsp3) is 0.929. The minimum Gasteiger partial charge on any atom is -0.359 e. The van der Waals surface area contributed by atoms with E-state index in [2.05, 4.69) is 5.32 Å². The van der Waals surface area contributed by atoms with Gasteiger partial charge in [-0.1, -0.05) is 19.3 Å². The fourth-order valence-corrected chi connectivity index (χ4v) is 4.99. The Hall–Kier alpha value is -0.660. The molecule has 0 atom stereocenters. The molecule has 0 aromatic heterocycles. The van der Waals surface area contributed by atoms with E-state index in [1.54, 1.807) is 22.7 Å². The minimum absolute atomic E-state index is 0.0210. The molecule has 0 radical (unpaired) electrons. The van der Waals surface area contributed by atoms with Crippen LogP contribution in [0.25, 0.3) is 0 Å². The van der Waals surface area contributed by atoms with E-state index in [9.17, 15) is 13.2 Å². The number of amides is 1. The molecule has 1 aliphatic carbocycles. The number of hydrogen-bond donors (Lipinski definition) is 1. The molecule has 122 valence electrons. The van der Waals surface area contributed by atoms with Gasteiger partial charge >= 0.3 is 0 Å². The van der Waals surface area contributed by atoms with Gasteiger partial charge in [-0.05, 0) is 25.7 Å². The highest BCUT2D eigenvalue weighted by molar-refractivity contribution is 7.86. The third kappa shape index (κ3) is 3.76. The maximum Gasteiger partial charge on any atom is 0.281 e. The van der Waals surface area contributed by atoms with Crippen molar-refractivity contribution in [3.63, 3.8) is 0 Å². The zero-order valence-corrected chi connectivity index (χ0v) is 13.9. The zero-order valence-electron chi connectivity index (χ0n) is 13.0. The van der Waals surface area contributed by atoms with Gasteiger partial charge in [0.1, 0.15) is 0 Å². The molecule has 0 aromatic carbocycles. The van der Waals surface area contributed by atoms with E-state index in [0.29, 0.717) is 25.9 Å². The Labute approximate surface area is 128 Å². The molecule has 1 saturated heterocycles. The number of nitrogens with one attached hydrogen (secondary N) is 1. The van der Waals surface area contributed by atoms with Crippen molar-refractivity contribution in [2.75, 3.05) is 27.2 Å². The highest BCUT2D eigenvalue weighted by atomic mass is 32.2. The van der Waals surface area contributed by atoms with E-state index < -0.39 is 10.2 Å². The van der Waals surface area contributed by atoms with Crippen LogP contribution in [0.5, 0.6) is 0 Å². The van der Waals surface area contributed by atoms with Crippen molar-refractivity contribution in [3.8, 4) is 0 Å². The lowest BCUT2D eigenvalue weighted by atomic mass is 9.96. The molecule has 21 heavy (non-hydrogen) atoms. The molecule has 1 amide bonds. The maximum atomic E-state index is 12.7. The number of piperidine rings is 1. The molecule has 1 aliphatic heterocycles. The van der Waals surface area contributed by atoms with Crippen molar-refractivity contribution >= 4 is 16.1 Å². The summed E-state index contributed by atoms with van der Waals surface area (Å²) < 4.78 is 28.5. The van der Waals surface area contributed by atoms with E-state index in [1.807, 2.05) is 0 Å². The molecule has 1 saturated carbocycles. The Morgan fingerprint density at radius 3 is 2.19 bits per heavy atom. The van der Waals surface area contributed by atoms with Crippen LogP contribution in [-0.4, -0.2) is 56.2 Å². The molecular formula is C14H27N3O3S. The fourth-order valence-electron chi connectivity index (χ4n) is 3.37. The van der Waals surface area contributed by atoms with Gasteiger partial charge in [0.05, 0.1) is 0 Å². The summed E-state index contributed by atoms with van der Waals surface area (Å²) in [6.07, 6.45) is 6.58. The first-order chi connectivity index (χ1) is 9.96. The third-order valence-electron chi connectivity index (χ3n) is 4.85.